The standard InChI is InChI=1S/C19H20N6O/c1-2-26-16-7-17(19-14(8-20)10-23-25(19)12-16)13-3-4-18(22-9-13)24-6-5-15(21)11-24/h3-4,7,9-10,12,15H,2,5-6,11,21H2,1H3/t15-/m0/s1. The molecule has 0 aromatic carbocycles. The molecule has 7 heteroatoms. The van der Waals surface area contributed by atoms with Crippen molar-refractivity contribution in [1.82, 2.24) is 14.6 Å². The molecule has 1 aliphatic heterocycles. The Kier molecular flexibility index (Phi) is 4.19. The lowest BCUT2D eigenvalue weighted by atomic mass is 10.1. The van der Waals surface area contributed by atoms with Gasteiger partial charge in [-0.05, 0) is 31.5 Å². The Morgan fingerprint density at radius 3 is 2.92 bits per heavy atom. The average molecular weight is 348 g/mol. The monoisotopic (exact) mass is 348 g/mol. The number of ether oxygens (including phenoxy) is 1. The summed E-state index contributed by atoms with van der Waals surface area (Å²) in [6, 6.07) is 8.37. The first-order chi connectivity index (χ1) is 12.7. The van der Waals surface area contributed by atoms with Crippen molar-refractivity contribution in [1.29, 1.82) is 5.26 Å². The molecule has 1 saturated heterocycles. The van der Waals surface area contributed by atoms with Gasteiger partial charge in [0, 0.05) is 36.5 Å². The third-order valence-electron chi connectivity index (χ3n) is 4.63. The van der Waals surface area contributed by atoms with E-state index in [1.807, 2.05) is 31.3 Å². The number of pyridine rings is 2. The van der Waals surface area contributed by atoms with E-state index in [9.17, 15) is 5.26 Å². The summed E-state index contributed by atoms with van der Waals surface area (Å²) >= 11 is 0. The van der Waals surface area contributed by atoms with Crippen molar-refractivity contribution in [2.45, 2.75) is 19.4 Å². The van der Waals surface area contributed by atoms with E-state index in [1.54, 1.807) is 16.9 Å². The largest absolute Gasteiger partial charge is 0.492 e. The number of nitrogens with two attached hydrogens (primary N) is 1. The summed E-state index contributed by atoms with van der Waals surface area (Å²) in [5.74, 6) is 1.63. The van der Waals surface area contributed by atoms with E-state index >= 15 is 0 Å². The zero-order valence-electron chi connectivity index (χ0n) is 14.6. The maximum atomic E-state index is 9.41. The maximum absolute atomic E-state index is 9.41. The van der Waals surface area contributed by atoms with Gasteiger partial charge in [-0.1, -0.05) is 0 Å². The summed E-state index contributed by atoms with van der Waals surface area (Å²) in [6.07, 6.45) is 6.18. The van der Waals surface area contributed by atoms with E-state index in [1.165, 1.54) is 0 Å². The lowest BCUT2D eigenvalue weighted by molar-refractivity contribution is 0.338. The van der Waals surface area contributed by atoms with Gasteiger partial charge in [0.2, 0.25) is 0 Å². The number of nitriles is 1. The molecule has 132 valence electrons. The highest BCUT2D eigenvalue weighted by molar-refractivity contribution is 5.85. The fraction of sp³-hybridized carbons (Fsp3) is 0.316. The van der Waals surface area contributed by atoms with E-state index < -0.39 is 0 Å². The summed E-state index contributed by atoms with van der Waals surface area (Å²) < 4.78 is 7.34. The molecule has 4 heterocycles. The second kappa shape index (κ2) is 6.65. The lowest BCUT2D eigenvalue weighted by Gasteiger charge is -2.17. The van der Waals surface area contributed by atoms with Crippen molar-refractivity contribution in [2.24, 2.45) is 5.73 Å². The van der Waals surface area contributed by atoms with Gasteiger partial charge >= 0.3 is 0 Å². The first-order valence-electron chi connectivity index (χ1n) is 8.71. The fourth-order valence-electron chi connectivity index (χ4n) is 3.37. The number of fused-ring (bicyclic) bond motifs is 1. The molecule has 0 bridgehead atoms. The van der Waals surface area contributed by atoms with Gasteiger partial charge in [-0.2, -0.15) is 10.4 Å². The third kappa shape index (κ3) is 2.85. The van der Waals surface area contributed by atoms with Gasteiger partial charge in [0.25, 0.3) is 0 Å². The third-order valence-corrected chi connectivity index (χ3v) is 4.63. The smallest absolute Gasteiger partial charge is 0.138 e. The van der Waals surface area contributed by atoms with Crippen LogP contribution in [0.15, 0.2) is 36.8 Å². The summed E-state index contributed by atoms with van der Waals surface area (Å²) in [5.41, 5.74) is 9.07. The Morgan fingerprint density at radius 2 is 2.27 bits per heavy atom. The molecule has 1 fully saturated rings. The van der Waals surface area contributed by atoms with Crippen LogP contribution in [0.3, 0.4) is 0 Å². The fourth-order valence-corrected chi connectivity index (χ4v) is 3.37. The first kappa shape index (κ1) is 16.4. The van der Waals surface area contributed by atoms with E-state index in [0.717, 1.165) is 42.0 Å². The van der Waals surface area contributed by atoms with Crippen molar-refractivity contribution in [3.8, 4) is 22.9 Å². The number of anilines is 1. The molecule has 0 saturated carbocycles. The maximum Gasteiger partial charge on any atom is 0.138 e. The Bertz CT molecular complexity index is 972. The van der Waals surface area contributed by atoms with Crippen LogP contribution in [0.4, 0.5) is 5.82 Å². The Labute approximate surface area is 151 Å². The minimum absolute atomic E-state index is 0.212. The Morgan fingerprint density at radius 1 is 1.38 bits per heavy atom. The van der Waals surface area contributed by atoms with Crippen LogP contribution in [0.5, 0.6) is 5.75 Å². The Balaban J connectivity index is 1.77. The molecule has 0 spiro atoms. The van der Waals surface area contributed by atoms with Crippen LogP contribution in [-0.4, -0.2) is 40.3 Å². The highest BCUT2D eigenvalue weighted by Gasteiger charge is 2.20. The number of hydrogen-bond acceptors (Lipinski definition) is 6. The van der Waals surface area contributed by atoms with Crippen molar-refractivity contribution >= 4 is 11.3 Å². The van der Waals surface area contributed by atoms with Gasteiger partial charge in [-0.25, -0.2) is 9.50 Å². The first-order valence-corrected chi connectivity index (χ1v) is 8.71. The van der Waals surface area contributed by atoms with E-state index in [4.69, 9.17) is 10.5 Å². The molecule has 0 radical (unpaired) electrons. The van der Waals surface area contributed by atoms with Gasteiger partial charge in [-0.15, -0.1) is 0 Å². The average Bonchev–Trinajstić information content (AvgIpc) is 3.27. The minimum Gasteiger partial charge on any atom is -0.492 e. The van der Waals surface area contributed by atoms with Crippen LogP contribution >= 0.6 is 0 Å². The zero-order valence-corrected chi connectivity index (χ0v) is 14.6. The molecule has 7 nitrogen and oxygen atoms in total. The number of rotatable bonds is 4. The van der Waals surface area contributed by atoms with Gasteiger partial charge in [-0.3, -0.25) is 0 Å². The second-order valence-electron chi connectivity index (χ2n) is 6.39. The zero-order chi connectivity index (χ0) is 18.1. The molecule has 3 aromatic heterocycles. The Hall–Kier alpha value is -3.11. The molecule has 0 unspecified atom stereocenters. The SMILES string of the molecule is CCOc1cc(-c2ccc(N3CC[C@H](N)C3)nc2)c2c(C#N)cnn2c1. The quantitative estimate of drug-likeness (QED) is 0.777. The summed E-state index contributed by atoms with van der Waals surface area (Å²) in [4.78, 5) is 6.81. The molecule has 0 aliphatic carbocycles. The molecule has 3 aromatic rings. The molecule has 2 N–H and O–H groups in total. The molecule has 4 rings (SSSR count). The van der Waals surface area contributed by atoms with Gasteiger partial charge in [0.05, 0.1) is 30.1 Å². The van der Waals surface area contributed by atoms with E-state index in [-0.39, 0.29) is 6.04 Å². The predicted molar refractivity (Wildman–Crippen MR) is 99.1 cm³/mol. The normalized spacial score (nSPS) is 16.8. The molecule has 1 atom stereocenters. The van der Waals surface area contributed by atoms with E-state index in [0.29, 0.717) is 17.9 Å². The van der Waals surface area contributed by atoms with Crippen molar-refractivity contribution in [3.63, 3.8) is 0 Å². The highest BCUT2D eigenvalue weighted by atomic mass is 16.5. The minimum atomic E-state index is 0.212. The van der Waals surface area contributed by atoms with Gasteiger partial charge < -0.3 is 15.4 Å². The van der Waals surface area contributed by atoms with Crippen LogP contribution in [0, 0.1) is 11.3 Å². The van der Waals surface area contributed by atoms with Gasteiger partial charge in [0.1, 0.15) is 17.6 Å². The van der Waals surface area contributed by atoms with Crippen LogP contribution in [0.2, 0.25) is 0 Å². The molecular weight excluding hydrogens is 328 g/mol. The summed E-state index contributed by atoms with van der Waals surface area (Å²) in [5, 5.41) is 13.7. The molecule has 1 aliphatic rings. The van der Waals surface area contributed by atoms with Crippen LogP contribution < -0.4 is 15.4 Å². The van der Waals surface area contributed by atoms with Gasteiger partial charge in [0.15, 0.2) is 0 Å². The lowest BCUT2D eigenvalue weighted by Crippen LogP contribution is -2.26. The number of hydrogen-bond donors (Lipinski definition) is 1. The predicted octanol–water partition coefficient (Wildman–Crippen LogP) is 2.20. The second-order valence-corrected chi connectivity index (χ2v) is 6.39. The van der Waals surface area contributed by atoms with Crippen molar-refractivity contribution in [3.05, 3.63) is 42.4 Å². The van der Waals surface area contributed by atoms with Crippen molar-refractivity contribution < 1.29 is 4.74 Å². The molecule has 0 amide bonds. The highest BCUT2D eigenvalue weighted by Crippen LogP contribution is 2.31. The summed E-state index contributed by atoms with van der Waals surface area (Å²) in [6.45, 7) is 4.25. The van der Waals surface area contributed by atoms with Crippen LogP contribution in [-0.2, 0) is 0 Å². The van der Waals surface area contributed by atoms with Crippen LogP contribution in [0.25, 0.3) is 16.6 Å². The molecule has 26 heavy (non-hydrogen) atoms. The number of aromatic nitrogens is 3. The topological polar surface area (TPSA) is 92.5 Å². The summed E-state index contributed by atoms with van der Waals surface area (Å²) in [7, 11) is 0. The molecular formula is C19H20N6O. The van der Waals surface area contributed by atoms with Crippen LogP contribution in [0.1, 0.15) is 18.9 Å². The number of nitrogens with zero attached hydrogens (tertiary/aromatic N) is 5. The van der Waals surface area contributed by atoms with E-state index in [2.05, 4.69) is 21.1 Å². The van der Waals surface area contributed by atoms with Crippen molar-refractivity contribution in [2.75, 3.05) is 24.6 Å².